The second-order valence-electron chi connectivity index (χ2n) is 6.98. The highest BCUT2D eigenvalue weighted by atomic mass is 16.2. The van der Waals surface area contributed by atoms with Crippen LogP contribution in [0.15, 0.2) is 55.1 Å². The summed E-state index contributed by atoms with van der Waals surface area (Å²) >= 11 is 0. The number of carbonyl (C=O) groups excluding carboxylic acids is 1. The molecular weight excluding hydrogens is 352 g/mol. The fourth-order valence-electron chi connectivity index (χ4n) is 3.49. The van der Waals surface area contributed by atoms with Crippen molar-refractivity contribution in [3.05, 3.63) is 71.9 Å². The lowest BCUT2D eigenvalue weighted by atomic mass is 10.0. The molecule has 0 bridgehead atoms. The zero-order valence-corrected chi connectivity index (χ0v) is 15.9. The largest absolute Gasteiger partial charge is 0.314 e. The van der Waals surface area contributed by atoms with Gasteiger partial charge in [0.05, 0.1) is 11.9 Å². The molecule has 1 aliphatic heterocycles. The van der Waals surface area contributed by atoms with E-state index in [1.807, 2.05) is 18.3 Å². The summed E-state index contributed by atoms with van der Waals surface area (Å²) < 4.78 is 1.75. The van der Waals surface area contributed by atoms with Gasteiger partial charge in [-0.2, -0.15) is 0 Å². The van der Waals surface area contributed by atoms with Gasteiger partial charge in [-0.05, 0) is 24.6 Å². The first-order valence-electron chi connectivity index (χ1n) is 9.48. The van der Waals surface area contributed by atoms with E-state index in [4.69, 9.17) is 0 Å². The van der Waals surface area contributed by atoms with Crippen LogP contribution in [0.25, 0.3) is 11.3 Å². The molecule has 2 aromatic heterocycles. The normalized spacial score (nSPS) is 14.8. The molecule has 0 unspecified atom stereocenters. The van der Waals surface area contributed by atoms with E-state index in [1.165, 1.54) is 23.5 Å². The average Bonchev–Trinajstić information content (AvgIpc) is 3.17. The molecule has 1 aliphatic rings. The van der Waals surface area contributed by atoms with Gasteiger partial charge in [0.1, 0.15) is 5.69 Å². The van der Waals surface area contributed by atoms with Crippen molar-refractivity contribution in [2.75, 3.05) is 31.6 Å². The highest BCUT2D eigenvalue weighted by Gasteiger charge is 2.16. The monoisotopic (exact) mass is 376 g/mol. The summed E-state index contributed by atoms with van der Waals surface area (Å²) in [7, 11) is 0. The van der Waals surface area contributed by atoms with Crippen LogP contribution in [0.5, 0.6) is 0 Å². The lowest BCUT2D eigenvalue weighted by molar-refractivity contribution is 0.100. The molecule has 1 aromatic carbocycles. The fourth-order valence-corrected chi connectivity index (χ4v) is 3.49. The third-order valence-electron chi connectivity index (χ3n) is 4.91. The lowest BCUT2D eigenvalue weighted by Gasteiger charge is -2.28. The van der Waals surface area contributed by atoms with Gasteiger partial charge in [-0.25, -0.2) is 4.98 Å². The summed E-state index contributed by atoms with van der Waals surface area (Å²) in [6.45, 7) is 7.12. The maximum absolute atomic E-state index is 12.5. The van der Waals surface area contributed by atoms with Gasteiger partial charge >= 0.3 is 0 Å². The van der Waals surface area contributed by atoms with E-state index in [0.29, 0.717) is 0 Å². The van der Waals surface area contributed by atoms with Crippen LogP contribution in [0.3, 0.4) is 0 Å². The predicted molar refractivity (Wildman–Crippen MR) is 108 cm³/mol. The molecule has 1 amide bonds. The van der Waals surface area contributed by atoms with E-state index in [0.717, 1.165) is 44.0 Å². The van der Waals surface area contributed by atoms with Crippen LogP contribution >= 0.6 is 0 Å². The second-order valence-corrected chi connectivity index (χ2v) is 6.98. The van der Waals surface area contributed by atoms with E-state index in [-0.39, 0.29) is 11.6 Å². The molecule has 7 nitrogen and oxygen atoms in total. The van der Waals surface area contributed by atoms with E-state index in [9.17, 15) is 4.79 Å². The Kier molecular flexibility index (Phi) is 5.45. The van der Waals surface area contributed by atoms with Gasteiger partial charge in [0.25, 0.3) is 5.91 Å². The zero-order valence-electron chi connectivity index (χ0n) is 15.9. The van der Waals surface area contributed by atoms with Crippen LogP contribution in [0, 0.1) is 6.92 Å². The number of aryl methyl sites for hydroxylation is 1. The maximum atomic E-state index is 12.5. The summed E-state index contributed by atoms with van der Waals surface area (Å²) in [4.78, 5) is 23.0. The van der Waals surface area contributed by atoms with Gasteiger partial charge in [-0.15, -0.1) is 0 Å². The van der Waals surface area contributed by atoms with Gasteiger partial charge < -0.3 is 5.32 Å². The predicted octanol–water partition coefficient (Wildman–Crippen LogP) is 2.04. The van der Waals surface area contributed by atoms with E-state index in [1.54, 1.807) is 10.9 Å². The number of nitrogens with zero attached hydrogens (tertiary/aromatic N) is 4. The smallest absolute Gasteiger partial charge is 0.290 e. The molecule has 0 spiro atoms. The van der Waals surface area contributed by atoms with Gasteiger partial charge in [0.2, 0.25) is 0 Å². The Labute approximate surface area is 164 Å². The highest BCUT2D eigenvalue weighted by molar-refractivity contribution is 5.98. The summed E-state index contributed by atoms with van der Waals surface area (Å²) in [5.74, 6) is -0.290. The number of carbonyl (C=O) groups is 1. The average molecular weight is 376 g/mol. The molecule has 0 radical (unpaired) electrons. The molecule has 7 heteroatoms. The molecule has 0 aliphatic carbocycles. The Morgan fingerprint density at radius 3 is 2.86 bits per heavy atom. The van der Waals surface area contributed by atoms with Crippen molar-refractivity contribution in [3.8, 4) is 11.3 Å². The minimum atomic E-state index is -0.290. The molecule has 2 N–H and O–H groups in total. The molecular formula is C21H24N6O. The topological polar surface area (TPSA) is 75.1 Å². The summed E-state index contributed by atoms with van der Waals surface area (Å²) in [6, 6.07) is 10.4. The van der Waals surface area contributed by atoms with Crippen molar-refractivity contribution in [2.45, 2.75) is 13.5 Å². The molecule has 4 rings (SSSR count). The Bertz CT molecular complexity index is 947. The third kappa shape index (κ3) is 4.11. The van der Waals surface area contributed by atoms with Crippen molar-refractivity contribution in [1.29, 1.82) is 0 Å². The number of rotatable bonds is 5. The summed E-state index contributed by atoms with van der Waals surface area (Å²) in [6.07, 6.45) is 6.36. The number of amides is 1. The molecule has 3 aromatic rings. The number of aromatic nitrogens is 3. The summed E-state index contributed by atoms with van der Waals surface area (Å²) in [5.41, 5.74) is 7.74. The Hall–Kier alpha value is -3.03. The number of nitrogens with one attached hydrogen (secondary N) is 2. The number of piperazine rings is 1. The van der Waals surface area contributed by atoms with Crippen molar-refractivity contribution in [1.82, 2.24) is 24.9 Å². The first-order chi connectivity index (χ1) is 13.7. The van der Waals surface area contributed by atoms with Gasteiger partial charge in [-0.3, -0.25) is 24.8 Å². The van der Waals surface area contributed by atoms with Crippen LogP contribution in [0.1, 0.15) is 21.6 Å². The van der Waals surface area contributed by atoms with E-state index >= 15 is 0 Å². The number of benzene rings is 1. The third-order valence-corrected chi connectivity index (χ3v) is 4.91. The van der Waals surface area contributed by atoms with Crippen molar-refractivity contribution in [2.24, 2.45) is 0 Å². The summed E-state index contributed by atoms with van der Waals surface area (Å²) in [5, 5.41) is 3.40. The van der Waals surface area contributed by atoms with Crippen LogP contribution in [0.2, 0.25) is 0 Å². The molecule has 3 heterocycles. The number of hydrogen-bond donors (Lipinski definition) is 2. The maximum Gasteiger partial charge on any atom is 0.290 e. The van der Waals surface area contributed by atoms with E-state index in [2.05, 4.69) is 50.7 Å². The minimum absolute atomic E-state index is 0.284. The van der Waals surface area contributed by atoms with Crippen molar-refractivity contribution >= 4 is 5.91 Å². The van der Waals surface area contributed by atoms with Crippen molar-refractivity contribution in [3.63, 3.8) is 0 Å². The van der Waals surface area contributed by atoms with Crippen LogP contribution < -0.4 is 10.7 Å². The lowest BCUT2D eigenvalue weighted by Crippen LogP contribution is -2.43. The quantitative estimate of drug-likeness (QED) is 0.713. The SMILES string of the molecule is Cc1ccc(-c2cccn2NC(=O)c2cnccn2)c(CN2CCNCC2)c1. The first kappa shape index (κ1) is 18.3. The second kappa shape index (κ2) is 8.33. The van der Waals surface area contributed by atoms with Crippen LogP contribution in [-0.2, 0) is 6.54 Å². The van der Waals surface area contributed by atoms with Gasteiger partial charge in [0, 0.05) is 56.9 Å². The standard InChI is InChI=1S/C21H24N6O/c1-16-4-5-18(17(13-16)15-26-11-8-22-9-12-26)20-3-2-10-27(20)25-21(28)19-14-23-6-7-24-19/h2-7,10,13-14,22H,8-9,11-12,15H2,1H3,(H,25,28). The Morgan fingerprint density at radius 1 is 1.21 bits per heavy atom. The molecule has 144 valence electrons. The zero-order chi connectivity index (χ0) is 19.3. The Morgan fingerprint density at radius 2 is 2.07 bits per heavy atom. The molecule has 0 atom stereocenters. The fraction of sp³-hybridized carbons (Fsp3) is 0.286. The van der Waals surface area contributed by atoms with Crippen LogP contribution in [-0.4, -0.2) is 51.6 Å². The van der Waals surface area contributed by atoms with Gasteiger partial charge in [-0.1, -0.05) is 23.8 Å². The highest BCUT2D eigenvalue weighted by Crippen LogP contribution is 2.26. The molecule has 0 saturated carbocycles. The van der Waals surface area contributed by atoms with Crippen molar-refractivity contribution < 1.29 is 4.79 Å². The molecule has 1 saturated heterocycles. The number of hydrogen-bond acceptors (Lipinski definition) is 5. The molecule has 1 fully saturated rings. The van der Waals surface area contributed by atoms with Gasteiger partial charge in [0.15, 0.2) is 0 Å². The minimum Gasteiger partial charge on any atom is -0.314 e. The Balaban J connectivity index is 1.61. The first-order valence-corrected chi connectivity index (χ1v) is 9.48. The molecule has 28 heavy (non-hydrogen) atoms. The van der Waals surface area contributed by atoms with E-state index < -0.39 is 0 Å². The van der Waals surface area contributed by atoms with Crippen LogP contribution in [0.4, 0.5) is 0 Å².